The highest BCUT2D eigenvalue weighted by molar-refractivity contribution is 6.31. The van der Waals surface area contributed by atoms with E-state index in [4.69, 9.17) is 21.1 Å². The lowest BCUT2D eigenvalue weighted by Gasteiger charge is -2.16. The summed E-state index contributed by atoms with van der Waals surface area (Å²) in [6, 6.07) is 14.8. The van der Waals surface area contributed by atoms with Crippen LogP contribution in [0.3, 0.4) is 0 Å². The van der Waals surface area contributed by atoms with Gasteiger partial charge in [0, 0.05) is 16.0 Å². The van der Waals surface area contributed by atoms with Crippen LogP contribution in [0.2, 0.25) is 5.02 Å². The van der Waals surface area contributed by atoms with E-state index in [1.54, 1.807) is 45.0 Å². The van der Waals surface area contributed by atoms with Gasteiger partial charge in [-0.1, -0.05) is 56.6 Å². The normalized spacial score (nSPS) is 11.6. The molecule has 0 atom stereocenters. The zero-order chi connectivity index (χ0) is 20.7. The molecule has 4 nitrogen and oxygen atoms in total. The Morgan fingerprint density at radius 3 is 2.46 bits per heavy atom. The average molecular weight is 398 g/mol. The summed E-state index contributed by atoms with van der Waals surface area (Å²) in [7, 11) is 0. The van der Waals surface area contributed by atoms with Crippen LogP contribution in [-0.4, -0.2) is 12.4 Å². The number of ether oxygens (including phenoxy) is 2. The lowest BCUT2D eigenvalue weighted by molar-refractivity contribution is -0.121. The molecule has 2 aromatic rings. The molecule has 0 radical (unpaired) electrons. The van der Waals surface area contributed by atoms with Crippen LogP contribution < -0.4 is 9.47 Å². The molecule has 0 saturated heterocycles. The summed E-state index contributed by atoms with van der Waals surface area (Å²) >= 11 is 6.17. The molecule has 0 spiro atoms. The van der Waals surface area contributed by atoms with Gasteiger partial charge < -0.3 is 9.47 Å². The van der Waals surface area contributed by atoms with Gasteiger partial charge in [0.2, 0.25) is 0 Å². The molecule has 0 aliphatic carbocycles. The first-order chi connectivity index (χ1) is 13.3. The molecule has 5 heteroatoms. The Hall–Kier alpha value is -2.77. The summed E-state index contributed by atoms with van der Waals surface area (Å²) in [6.07, 6.45) is 1.58. The van der Waals surface area contributed by atoms with E-state index in [2.05, 4.69) is 0 Å². The number of ketones is 1. The van der Waals surface area contributed by atoms with Crippen molar-refractivity contribution in [2.45, 2.75) is 34.3 Å². The van der Waals surface area contributed by atoms with Crippen LogP contribution in [0.1, 0.15) is 38.8 Å². The molecule has 0 bridgehead atoms. The smallest absolute Gasteiger partial charge is 0.178 e. The molecule has 0 N–H and O–H groups in total. The Morgan fingerprint density at radius 2 is 1.86 bits per heavy atom. The van der Waals surface area contributed by atoms with Gasteiger partial charge in [-0.2, -0.15) is 5.26 Å². The van der Waals surface area contributed by atoms with Crippen LogP contribution in [0.15, 0.2) is 48.0 Å². The fourth-order valence-electron chi connectivity index (χ4n) is 2.49. The second kappa shape index (κ2) is 9.43. The van der Waals surface area contributed by atoms with Crippen LogP contribution in [0.4, 0.5) is 0 Å². The SMILES string of the molecule is CCOc1cc(C=C(C#N)C(=O)C(C)(C)C)ccc1OCc1ccccc1Cl. The minimum Gasteiger partial charge on any atom is -0.490 e. The second-order valence-electron chi connectivity index (χ2n) is 7.27. The van der Waals surface area contributed by atoms with E-state index in [1.807, 2.05) is 37.3 Å². The molecule has 2 rings (SSSR count). The second-order valence-corrected chi connectivity index (χ2v) is 7.68. The number of hydrogen-bond acceptors (Lipinski definition) is 4. The number of nitriles is 1. The number of benzene rings is 2. The molecular weight excluding hydrogens is 374 g/mol. The van der Waals surface area contributed by atoms with Gasteiger partial charge in [0.05, 0.1) is 12.2 Å². The summed E-state index contributed by atoms with van der Waals surface area (Å²) in [5.41, 5.74) is 1.06. The molecule has 0 saturated carbocycles. The van der Waals surface area contributed by atoms with E-state index >= 15 is 0 Å². The van der Waals surface area contributed by atoms with Crippen molar-refractivity contribution in [3.05, 3.63) is 64.2 Å². The highest BCUT2D eigenvalue weighted by atomic mass is 35.5. The monoisotopic (exact) mass is 397 g/mol. The van der Waals surface area contributed by atoms with E-state index in [1.165, 1.54) is 0 Å². The molecule has 0 amide bonds. The van der Waals surface area contributed by atoms with Crippen molar-refractivity contribution in [1.82, 2.24) is 0 Å². The first-order valence-electron chi connectivity index (χ1n) is 9.06. The summed E-state index contributed by atoms with van der Waals surface area (Å²) in [5.74, 6) is 0.912. The number of carbonyl (C=O) groups is 1. The molecule has 0 unspecified atom stereocenters. The summed E-state index contributed by atoms with van der Waals surface area (Å²) in [6.45, 7) is 8.01. The topological polar surface area (TPSA) is 59.3 Å². The molecule has 28 heavy (non-hydrogen) atoms. The lowest BCUT2D eigenvalue weighted by atomic mass is 9.86. The van der Waals surface area contributed by atoms with E-state index in [0.717, 1.165) is 5.56 Å². The number of hydrogen-bond donors (Lipinski definition) is 0. The maximum absolute atomic E-state index is 12.4. The van der Waals surface area contributed by atoms with Crippen LogP contribution in [0, 0.1) is 16.7 Å². The number of rotatable bonds is 7. The third-order valence-electron chi connectivity index (χ3n) is 3.97. The van der Waals surface area contributed by atoms with Gasteiger partial charge >= 0.3 is 0 Å². The zero-order valence-electron chi connectivity index (χ0n) is 16.6. The van der Waals surface area contributed by atoms with E-state index in [-0.39, 0.29) is 11.4 Å². The molecular formula is C23H24ClNO3. The quantitative estimate of drug-likeness (QED) is 0.435. The summed E-state index contributed by atoms with van der Waals surface area (Å²) < 4.78 is 11.6. The van der Waals surface area contributed by atoms with Crippen LogP contribution in [-0.2, 0) is 11.4 Å². The predicted molar refractivity (Wildman–Crippen MR) is 111 cm³/mol. The van der Waals surface area contributed by atoms with Gasteiger partial charge in [0.1, 0.15) is 12.7 Å². The molecule has 0 aliphatic rings. The molecule has 0 aliphatic heterocycles. The van der Waals surface area contributed by atoms with Crippen molar-refractivity contribution in [3.63, 3.8) is 0 Å². The standard InChI is InChI=1S/C23H24ClNO3/c1-5-27-21-13-16(12-18(14-25)22(26)23(2,3)4)10-11-20(21)28-15-17-8-6-7-9-19(17)24/h6-13H,5,15H2,1-4H3. The number of nitrogens with zero attached hydrogens (tertiary/aromatic N) is 1. The number of Topliss-reactive ketones (excluding diaryl/α,β-unsaturated/α-hetero) is 1. The third-order valence-corrected chi connectivity index (χ3v) is 4.33. The fourth-order valence-corrected chi connectivity index (χ4v) is 2.68. The predicted octanol–water partition coefficient (Wildman–Crippen LogP) is 5.84. The minimum atomic E-state index is -0.623. The Kier molecular flexibility index (Phi) is 7.25. The highest BCUT2D eigenvalue weighted by Gasteiger charge is 2.25. The molecule has 0 fully saturated rings. The van der Waals surface area contributed by atoms with Crippen LogP contribution in [0.5, 0.6) is 11.5 Å². The third kappa shape index (κ3) is 5.61. The fraction of sp³-hybridized carbons (Fsp3) is 0.304. The van der Waals surface area contributed by atoms with Crippen molar-refractivity contribution in [2.24, 2.45) is 5.41 Å². The average Bonchev–Trinajstić information content (AvgIpc) is 2.65. The summed E-state index contributed by atoms with van der Waals surface area (Å²) in [4.78, 5) is 12.4. The van der Waals surface area contributed by atoms with Gasteiger partial charge in [-0.15, -0.1) is 0 Å². The molecule has 0 aromatic heterocycles. The Balaban J connectivity index is 2.29. The van der Waals surface area contributed by atoms with Crippen molar-refractivity contribution >= 4 is 23.5 Å². The van der Waals surface area contributed by atoms with Crippen molar-refractivity contribution in [2.75, 3.05) is 6.61 Å². The lowest BCUT2D eigenvalue weighted by Crippen LogP contribution is -2.21. The summed E-state index contributed by atoms with van der Waals surface area (Å²) in [5, 5.41) is 10.0. The number of allylic oxidation sites excluding steroid dienone is 1. The first kappa shape index (κ1) is 21.5. The van der Waals surface area contributed by atoms with Crippen LogP contribution >= 0.6 is 11.6 Å². The molecule has 2 aromatic carbocycles. The van der Waals surface area contributed by atoms with Gasteiger partial charge in [-0.25, -0.2) is 0 Å². The Bertz CT molecular complexity index is 920. The van der Waals surface area contributed by atoms with Crippen molar-refractivity contribution in [3.8, 4) is 17.6 Å². The number of carbonyl (C=O) groups excluding carboxylic acids is 1. The van der Waals surface area contributed by atoms with Crippen LogP contribution in [0.25, 0.3) is 6.08 Å². The zero-order valence-corrected chi connectivity index (χ0v) is 17.3. The molecule has 146 valence electrons. The van der Waals surface area contributed by atoms with Crippen molar-refractivity contribution < 1.29 is 14.3 Å². The largest absolute Gasteiger partial charge is 0.490 e. The first-order valence-corrected chi connectivity index (χ1v) is 9.43. The van der Waals surface area contributed by atoms with Gasteiger partial charge in [-0.3, -0.25) is 4.79 Å². The minimum absolute atomic E-state index is 0.111. The van der Waals surface area contributed by atoms with Gasteiger partial charge in [0.15, 0.2) is 17.3 Å². The van der Waals surface area contributed by atoms with E-state index in [0.29, 0.717) is 35.3 Å². The van der Waals surface area contributed by atoms with Crippen molar-refractivity contribution in [1.29, 1.82) is 5.26 Å². The van der Waals surface area contributed by atoms with Gasteiger partial charge in [0.25, 0.3) is 0 Å². The highest BCUT2D eigenvalue weighted by Crippen LogP contribution is 2.31. The van der Waals surface area contributed by atoms with Gasteiger partial charge in [-0.05, 0) is 36.8 Å². The Labute approximate surface area is 171 Å². The van der Waals surface area contributed by atoms with E-state index < -0.39 is 5.41 Å². The molecule has 0 heterocycles. The maximum atomic E-state index is 12.4. The van der Waals surface area contributed by atoms with E-state index in [9.17, 15) is 10.1 Å². The maximum Gasteiger partial charge on any atom is 0.178 e. The Morgan fingerprint density at radius 1 is 1.14 bits per heavy atom. The number of halogens is 1.